The predicted molar refractivity (Wildman–Crippen MR) is 238 cm³/mol. The monoisotopic (exact) mass is 877 g/mol. The van der Waals surface area contributed by atoms with Gasteiger partial charge in [-0.15, -0.1) is 21.5 Å². The summed E-state index contributed by atoms with van der Waals surface area (Å²) in [5, 5.41) is 29.9. The number of para-hydroxylation sites is 1. The summed E-state index contributed by atoms with van der Waals surface area (Å²) >= 11 is 1.58. The Morgan fingerprint density at radius 1 is 1.02 bits per heavy atom. The van der Waals surface area contributed by atoms with Gasteiger partial charge in [0.15, 0.2) is 11.6 Å². The molecule has 17 heteroatoms. The van der Waals surface area contributed by atoms with Crippen molar-refractivity contribution in [1.82, 2.24) is 35.5 Å². The minimum absolute atomic E-state index is 0.0773. The molecule has 3 N–H and O–H groups in total. The van der Waals surface area contributed by atoms with E-state index in [4.69, 9.17) is 14.0 Å². The number of piperazine rings is 1. The van der Waals surface area contributed by atoms with Gasteiger partial charge in [0.2, 0.25) is 11.8 Å². The van der Waals surface area contributed by atoms with Gasteiger partial charge in [0.05, 0.1) is 52.0 Å². The summed E-state index contributed by atoms with van der Waals surface area (Å²) in [6.07, 6.45) is -0.471. The van der Waals surface area contributed by atoms with Crippen LogP contribution in [0.3, 0.4) is 0 Å². The van der Waals surface area contributed by atoms with Crippen LogP contribution in [-0.2, 0) is 19.1 Å². The van der Waals surface area contributed by atoms with Crippen molar-refractivity contribution < 1.29 is 33.5 Å². The van der Waals surface area contributed by atoms with Crippen molar-refractivity contribution in [3.05, 3.63) is 83.2 Å². The third-order valence-electron chi connectivity index (χ3n) is 12.1. The summed E-state index contributed by atoms with van der Waals surface area (Å²) in [5.41, 5.74) is 6.98. The van der Waals surface area contributed by atoms with Crippen LogP contribution in [0.4, 0.5) is 11.5 Å². The maximum absolute atomic E-state index is 14.6. The number of thiazole rings is 1. The van der Waals surface area contributed by atoms with E-state index in [-0.39, 0.29) is 66.3 Å². The number of hydrogen-bond donors (Lipinski definition) is 3. The summed E-state index contributed by atoms with van der Waals surface area (Å²) in [6.45, 7) is 15.4. The molecule has 2 saturated heterocycles. The normalized spacial score (nSPS) is 19.6. The Morgan fingerprint density at radius 3 is 2.54 bits per heavy atom. The summed E-state index contributed by atoms with van der Waals surface area (Å²) in [6, 6.07) is 17.8. The zero-order chi connectivity index (χ0) is 44.4. The molecular formula is C46H55N9O7S. The number of carbonyl (C=O) groups is 3. The highest BCUT2D eigenvalue weighted by Crippen LogP contribution is 2.37. The second kappa shape index (κ2) is 18.7. The van der Waals surface area contributed by atoms with E-state index in [0.29, 0.717) is 36.7 Å². The molecule has 5 aromatic rings. The molecule has 2 amide bonds. The molecule has 63 heavy (non-hydrogen) atoms. The number of phenolic OH excluding ortho intramolecular Hbond substituents is 1. The second-order valence-corrected chi connectivity index (χ2v) is 18.1. The van der Waals surface area contributed by atoms with Gasteiger partial charge >= 0.3 is 5.97 Å². The first-order chi connectivity index (χ1) is 30.3. The molecule has 16 nitrogen and oxygen atoms in total. The van der Waals surface area contributed by atoms with Gasteiger partial charge in [0, 0.05) is 50.8 Å². The third kappa shape index (κ3) is 9.49. The van der Waals surface area contributed by atoms with E-state index >= 15 is 0 Å². The molecule has 3 aromatic heterocycles. The number of nitrogens with one attached hydrogen (secondary N) is 2. The number of nitrogens with zero attached hydrogens (tertiary/aromatic N) is 7. The van der Waals surface area contributed by atoms with Gasteiger partial charge in [-0.1, -0.05) is 64.1 Å². The van der Waals surface area contributed by atoms with Crippen LogP contribution in [0.1, 0.15) is 70.0 Å². The maximum atomic E-state index is 14.6. The average Bonchev–Trinajstić information content (AvgIpc) is 4.04. The second-order valence-electron chi connectivity index (χ2n) is 17.2. The highest BCUT2D eigenvalue weighted by molar-refractivity contribution is 7.13. The van der Waals surface area contributed by atoms with E-state index in [2.05, 4.69) is 40.8 Å². The molecule has 0 saturated carbocycles. The van der Waals surface area contributed by atoms with Gasteiger partial charge in [-0.25, -0.2) is 4.98 Å². The Kier molecular flexibility index (Phi) is 13.0. The zero-order valence-electron chi connectivity index (χ0n) is 36.5. The van der Waals surface area contributed by atoms with Crippen LogP contribution in [-0.4, -0.2) is 117 Å². The van der Waals surface area contributed by atoms with Crippen LogP contribution >= 0.6 is 11.3 Å². The Bertz CT molecular complexity index is 2420. The van der Waals surface area contributed by atoms with Crippen LogP contribution < -0.4 is 20.3 Å². The van der Waals surface area contributed by atoms with Crippen molar-refractivity contribution in [3.8, 4) is 33.3 Å². The lowest BCUT2D eigenvalue weighted by atomic mass is 9.91. The summed E-state index contributed by atoms with van der Waals surface area (Å²) in [4.78, 5) is 53.0. The van der Waals surface area contributed by atoms with Crippen molar-refractivity contribution in [3.63, 3.8) is 0 Å². The highest BCUT2D eigenvalue weighted by Gasteiger charge is 2.45. The lowest BCUT2D eigenvalue weighted by Crippen LogP contribution is -2.58. The SMILES string of the molecule is Cc1ncsc1-c1ccc([C@H](C)NC(=O)[C@@H]2C[C@@H](OC(=O)C(C)C)CN2C(=O)[C@@H](c2cc(OCCN3CCN4c5cc(-c6ccccc6O)nnc5NC[C@H]4C3)no2)C(C)C)cc1. The van der Waals surface area contributed by atoms with Crippen molar-refractivity contribution in [2.24, 2.45) is 11.8 Å². The van der Waals surface area contributed by atoms with Gasteiger partial charge in [-0.05, 0) is 54.2 Å². The molecule has 0 radical (unpaired) electrons. The van der Waals surface area contributed by atoms with Gasteiger partial charge in [-0.3, -0.25) is 19.3 Å². The Balaban J connectivity index is 0.893. The van der Waals surface area contributed by atoms with Crippen LogP contribution in [0, 0.1) is 18.8 Å². The standard InChI is InChI=1S/C46H55N9O7S/c1-26(2)41(45(58)55-24-33(61-46(59)27(3)4)19-37(55)44(57)49-28(5)30-11-13-31(14-12-30)42-29(6)48-25-63-42)39-21-40(52-62-39)60-18-17-53-15-16-54-32(23-53)22-47-43-36(54)20-35(50-51-43)34-9-7-8-10-38(34)56/h7-14,20-21,25-28,32-33,37,41,56H,15-19,22-24H2,1-6H3,(H,47,51)(H,49,57)/t28-,32-,33+,37-,41+/m0/s1. The topological polar surface area (TPSA) is 188 Å². The molecule has 0 aliphatic carbocycles. The number of amides is 2. The predicted octanol–water partition coefficient (Wildman–Crippen LogP) is 6.05. The number of phenols is 1. The summed E-state index contributed by atoms with van der Waals surface area (Å²) < 4.78 is 17.7. The molecular weight excluding hydrogens is 823 g/mol. The van der Waals surface area contributed by atoms with Crippen molar-refractivity contribution >= 4 is 40.6 Å². The number of aryl methyl sites for hydroxylation is 1. The van der Waals surface area contributed by atoms with Crippen molar-refractivity contribution in [2.75, 3.05) is 56.1 Å². The molecule has 6 heterocycles. The Labute approximate surface area is 371 Å². The number of ether oxygens (including phenoxy) is 2. The first-order valence-electron chi connectivity index (χ1n) is 21.6. The number of hydrogen-bond acceptors (Lipinski definition) is 15. The molecule has 2 aromatic carbocycles. The Morgan fingerprint density at radius 2 is 1.81 bits per heavy atom. The van der Waals surface area contributed by atoms with E-state index in [1.807, 2.05) is 75.7 Å². The molecule has 0 unspecified atom stereocenters. The lowest BCUT2D eigenvalue weighted by Gasteiger charge is -2.45. The van der Waals surface area contributed by atoms with Crippen molar-refractivity contribution in [1.29, 1.82) is 0 Å². The number of esters is 1. The highest BCUT2D eigenvalue weighted by atomic mass is 32.1. The number of likely N-dealkylation sites (tertiary alicyclic amines) is 1. The molecule has 2 fully saturated rings. The molecule has 3 aliphatic heterocycles. The number of benzene rings is 2. The lowest BCUT2D eigenvalue weighted by molar-refractivity contribution is -0.153. The number of carbonyl (C=O) groups excluding carboxylic acids is 3. The fourth-order valence-corrected chi connectivity index (χ4v) is 9.44. The largest absolute Gasteiger partial charge is 0.507 e. The van der Waals surface area contributed by atoms with Gasteiger partial charge in [-0.2, -0.15) is 0 Å². The van der Waals surface area contributed by atoms with Gasteiger partial charge in [0.1, 0.15) is 30.4 Å². The fourth-order valence-electron chi connectivity index (χ4n) is 8.63. The van der Waals surface area contributed by atoms with E-state index < -0.39 is 18.1 Å². The number of aromatic nitrogens is 4. The van der Waals surface area contributed by atoms with E-state index in [0.717, 1.165) is 52.8 Å². The minimum Gasteiger partial charge on any atom is -0.507 e. The van der Waals surface area contributed by atoms with E-state index in [1.165, 1.54) is 4.90 Å². The zero-order valence-corrected chi connectivity index (χ0v) is 37.3. The molecule has 0 spiro atoms. The molecule has 0 bridgehead atoms. The number of anilines is 2. The molecule has 5 atom stereocenters. The molecule has 332 valence electrons. The van der Waals surface area contributed by atoms with E-state index in [1.54, 1.807) is 43.4 Å². The van der Waals surface area contributed by atoms with Crippen LogP contribution in [0.15, 0.2) is 70.7 Å². The van der Waals surface area contributed by atoms with Crippen LogP contribution in [0.25, 0.3) is 21.7 Å². The van der Waals surface area contributed by atoms with Gasteiger partial charge < -0.3 is 39.5 Å². The summed E-state index contributed by atoms with van der Waals surface area (Å²) in [5.74, 6) is -0.866. The first-order valence-corrected chi connectivity index (χ1v) is 22.5. The molecule has 3 aliphatic rings. The number of rotatable bonds is 14. The fraction of sp³-hybridized carbons (Fsp3) is 0.457. The maximum Gasteiger partial charge on any atom is 0.308 e. The third-order valence-corrected chi connectivity index (χ3v) is 13.1. The van der Waals surface area contributed by atoms with E-state index in [9.17, 15) is 19.5 Å². The van der Waals surface area contributed by atoms with Crippen LogP contribution in [0.2, 0.25) is 0 Å². The Hall–Kier alpha value is -6.07. The quantitative estimate of drug-likeness (QED) is 0.109. The smallest absolute Gasteiger partial charge is 0.308 e. The van der Waals surface area contributed by atoms with Crippen LogP contribution in [0.5, 0.6) is 11.6 Å². The number of aromatic hydroxyl groups is 1. The van der Waals surface area contributed by atoms with Crippen molar-refractivity contribution in [2.45, 2.75) is 78.1 Å². The number of fused-ring (bicyclic) bond motifs is 3. The minimum atomic E-state index is -0.871. The summed E-state index contributed by atoms with van der Waals surface area (Å²) in [7, 11) is 0. The van der Waals surface area contributed by atoms with Gasteiger partial charge in [0.25, 0.3) is 5.88 Å². The first kappa shape index (κ1) is 43.6. The average molecular weight is 878 g/mol. The molecule has 8 rings (SSSR count).